The van der Waals surface area contributed by atoms with Crippen molar-refractivity contribution in [3.8, 4) is 0 Å². The van der Waals surface area contributed by atoms with E-state index in [1.807, 2.05) is 0 Å². The minimum atomic E-state index is -2.21. The number of benzene rings is 3. The first-order chi connectivity index (χ1) is 17.7. The Morgan fingerprint density at radius 1 is 0.757 bits per heavy atom. The quantitative estimate of drug-likeness (QED) is 0.422. The first-order valence-electron chi connectivity index (χ1n) is 11.6. The number of hydrogen-bond donors (Lipinski definition) is 0. The highest BCUT2D eigenvalue weighted by Gasteiger charge is 2.82. The number of para-hydroxylation sites is 2. The average molecular weight is 559 g/mol. The Labute approximate surface area is 219 Å². The number of carbonyl (C=O) groups is 5. The summed E-state index contributed by atoms with van der Waals surface area (Å²) in [6, 6.07) is 19.9. The molecule has 4 amide bonds. The first kappa shape index (κ1) is 23.3. The third-order valence-electron chi connectivity index (χ3n) is 7.45. The predicted molar refractivity (Wildman–Crippen MR) is 136 cm³/mol. The van der Waals surface area contributed by atoms with Crippen molar-refractivity contribution >= 4 is 56.9 Å². The third-order valence-corrected chi connectivity index (χ3v) is 7.98. The van der Waals surface area contributed by atoms with Crippen molar-refractivity contribution in [2.24, 2.45) is 0 Å². The molecule has 3 aromatic rings. The van der Waals surface area contributed by atoms with E-state index in [1.165, 1.54) is 13.8 Å². The van der Waals surface area contributed by atoms with Crippen LogP contribution in [-0.4, -0.2) is 29.6 Å². The maximum absolute atomic E-state index is 14.6. The summed E-state index contributed by atoms with van der Waals surface area (Å²) in [5, 5.41) is 0. The number of hydrogen-bond acceptors (Lipinski definition) is 6. The molecule has 1 saturated heterocycles. The number of fused-ring (bicyclic) bond motifs is 5. The van der Waals surface area contributed by atoms with E-state index >= 15 is 0 Å². The van der Waals surface area contributed by atoms with E-state index in [4.69, 9.17) is 4.74 Å². The van der Waals surface area contributed by atoms with Gasteiger partial charge in [-0.05, 0) is 35.4 Å². The van der Waals surface area contributed by atoms with E-state index in [2.05, 4.69) is 15.9 Å². The molecule has 184 valence electrons. The molecule has 3 heterocycles. The van der Waals surface area contributed by atoms with Crippen molar-refractivity contribution in [3.63, 3.8) is 0 Å². The molecule has 3 aliphatic heterocycles. The normalized spacial score (nSPS) is 25.6. The molecule has 0 unspecified atom stereocenters. The molecular weight excluding hydrogens is 540 g/mol. The number of imide groups is 2. The zero-order chi connectivity index (χ0) is 26.3. The molecule has 8 nitrogen and oxygen atoms in total. The van der Waals surface area contributed by atoms with Crippen LogP contribution in [0.5, 0.6) is 0 Å². The molecule has 3 aliphatic rings. The van der Waals surface area contributed by atoms with E-state index < -0.39 is 46.5 Å². The Morgan fingerprint density at radius 3 is 1.86 bits per heavy atom. The summed E-state index contributed by atoms with van der Waals surface area (Å²) in [6.07, 6.45) is 0. The molecule has 3 aromatic carbocycles. The number of rotatable bonds is 1. The molecule has 0 saturated carbocycles. The Morgan fingerprint density at radius 2 is 1.27 bits per heavy atom. The molecule has 2 spiro atoms. The van der Waals surface area contributed by atoms with E-state index in [0.29, 0.717) is 11.1 Å². The number of amides is 4. The molecule has 9 heteroatoms. The minimum Gasteiger partial charge on any atom is -0.442 e. The van der Waals surface area contributed by atoms with Gasteiger partial charge < -0.3 is 4.74 Å². The van der Waals surface area contributed by atoms with Gasteiger partial charge in [-0.1, -0.05) is 64.5 Å². The molecule has 0 aliphatic carbocycles. The maximum Gasteiger partial charge on any atom is 0.316 e. The molecule has 1 fully saturated rings. The van der Waals surface area contributed by atoms with Gasteiger partial charge in [0.05, 0.1) is 11.4 Å². The highest BCUT2D eigenvalue weighted by molar-refractivity contribution is 9.10. The van der Waals surface area contributed by atoms with E-state index in [-0.39, 0.29) is 16.9 Å². The fourth-order valence-electron chi connectivity index (χ4n) is 6.19. The largest absolute Gasteiger partial charge is 0.442 e. The number of halogens is 1. The van der Waals surface area contributed by atoms with Crippen LogP contribution in [0.25, 0.3) is 0 Å². The van der Waals surface area contributed by atoms with Crippen LogP contribution in [-0.2, 0) is 39.7 Å². The SMILES string of the molecule is CC(=O)N1C(=O)[C@@]2(OC(=O)[C@@H](c3ccc(Br)cc3)[C@@]23C(=O)N(C(C)=O)c2ccccc23)c2ccccc21. The Hall–Kier alpha value is -4.11. The van der Waals surface area contributed by atoms with Gasteiger partial charge in [-0.25, -0.2) is 9.80 Å². The molecule has 0 aromatic heterocycles. The van der Waals surface area contributed by atoms with E-state index in [9.17, 15) is 24.0 Å². The molecular formula is C28H19BrN2O6. The zero-order valence-corrected chi connectivity index (χ0v) is 21.3. The highest BCUT2D eigenvalue weighted by Crippen LogP contribution is 2.67. The third kappa shape index (κ3) is 2.64. The van der Waals surface area contributed by atoms with Crippen LogP contribution in [0.1, 0.15) is 36.5 Å². The smallest absolute Gasteiger partial charge is 0.316 e. The van der Waals surface area contributed by atoms with Crippen LogP contribution < -0.4 is 9.80 Å². The van der Waals surface area contributed by atoms with Crippen LogP contribution in [0.4, 0.5) is 11.4 Å². The Kier molecular flexibility index (Phi) is 4.84. The number of ether oxygens (including phenoxy) is 1. The number of esters is 1. The van der Waals surface area contributed by atoms with Gasteiger partial charge >= 0.3 is 5.97 Å². The Bertz CT molecular complexity index is 1570. The molecule has 0 N–H and O–H groups in total. The molecule has 0 radical (unpaired) electrons. The second kappa shape index (κ2) is 7.69. The van der Waals surface area contributed by atoms with Crippen LogP contribution in [0, 0.1) is 0 Å². The average Bonchev–Trinajstić information content (AvgIpc) is 3.40. The minimum absolute atomic E-state index is 0.219. The van der Waals surface area contributed by atoms with Crippen LogP contribution >= 0.6 is 15.9 Å². The van der Waals surface area contributed by atoms with Crippen molar-refractivity contribution in [2.75, 3.05) is 9.80 Å². The fraction of sp³-hybridized carbons (Fsp3) is 0.179. The first-order valence-corrected chi connectivity index (χ1v) is 12.3. The van der Waals surface area contributed by atoms with Crippen LogP contribution in [0.15, 0.2) is 77.3 Å². The summed E-state index contributed by atoms with van der Waals surface area (Å²) in [4.78, 5) is 70.4. The monoisotopic (exact) mass is 558 g/mol. The Balaban J connectivity index is 1.78. The lowest BCUT2D eigenvalue weighted by Crippen LogP contribution is -2.60. The number of nitrogens with zero attached hydrogens (tertiary/aromatic N) is 2. The van der Waals surface area contributed by atoms with Crippen LogP contribution in [0.2, 0.25) is 0 Å². The highest BCUT2D eigenvalue weighted by atomic mass is 79.9. The van der Waals surface area contributed by atoms with Crippen molar-refractivity contribution in [3.05, 3.63) is 94.0 Å². The van der Waals surface area contributed by atoms with Gasteiger partial charge in [-0.15, -0.1) is 0 Å². The van der Waals surface area contributed by atoms with Crippen molar-refractivity contribution in [1.82, 2.24) is 0 Å². The summed E-state index contributed by atoms with van der Waals surface area (Å²) >= 11 is 3.39. The van der Waals surface area contributed by atoms with E-state index in [1.54, 1.807) is 72.8 Å². The lowest BCUT2D eigenvalue weighted by Gasteiger charge is -2.38. The molecule has 3 atom stereocenters. The topological polar surface area (TPSA) is 101 Å². The standard InChI is InChI=1S/C28H19BrN2O6/c1-15(32)30-21-9-5-3-7-19(21)27(25(30)35)23(17-11-13-18(29)14-12-17)24(34)37-28(27)20-8-4-6-10-22(20)31(16(2)33)26(28)36/h3-14,23H,1-2H3/t23-,27+,28+/m1/s1. The van der Waals surface area contributed by atoms with Crippen molar-refractivity contribution < 1.29 is 28.7 Å². The van der Waals surface area contributed by atoms with Gasteiger partial charge in [-0.3, -0.25) is 24.0 Å². The van der Waals surface area contributed by atoms with Crippen molar-refractivity contribution in [1.29, 1.82) is 0 Å². The molecule has 37 heavy (non-hydrogen) atoms. The van der Waals surface area contributed by atoms with Gasteiger partial charge in [-0.2, -0.15) is 0 Å². The summed E-state index contributed by atoms with van der Waals surface area (Å²) in [7, 11) is 0. The van der Waals surface area contributed by atoms with Gasteiger partial charge in [0.25, 0.3) is 11.8 Å². The summed E-state index contributed by atoms with van der Waals surface area (Å²) in [5.41, 5.74) is -2.73. The van der Waals surface area contributed by atoms with Crippen LogP contribution in [0.3, 0.4) is 0 Å². The number of carbonyl (C=O) groups excluding carboxylic acids is 5. The molecule has 6 rings (SSSR count). The van der Waals surface area contributed by atoms with Gasteiger partial charge in [0.15, 0.2) is 0 Å². The summed E-state index contributed by atoms with van der Waals surface area (Å²) < 4.78 is 6.82. The maximum atomic E-state index is 14.6. The van der Waals surface area contributed by atoms with E-state index in [0.717, 1.165) is 14.3 Å². The van der Waals surface area contributed by atoms with Gasteiger partial charge in [0, 0.05) is 23.9 Å². The second-order valence-corrected chi connectivity index (χ2v) is 10.2. The van der Waals surface area contributed by atoms with Gasteiger partial charge in [0.2, 0.25) is 17.4 Å². The zero-order valence-electron chi connectivity index (χ0n) is 19.7. The second-order valence-electron chi connectivity index (χ2n) is 9.25. The predicted octanol–water partition coefficient (Wildman–Crippen LogP) is 3.71. The van der Waals surface area contributed by atoms with Gasteiger partial charge in [0.1, 0.15) is 11.3 Å². The molecule has 0 bridgehead atoms. The fourth-order valence-corrected chi connectivity index (χ4v) is 6.45. The summed E-state index contributed by atoms with van der Waals surface area (Å²) in [5.74, 6) is -4.83. The number of anilines is 2. The lowest BCUT2D eigenvalue weighted by atomic mass is 9.59. The summed E-state index contributed by atoms with van der Waals surface area (Å²) in [6.45, 7) is 2.48. The van der Waals surface area contributed by atoms with Crippen molar-refractivity contribution in [2.45, 2.75) is 30.8 Å². The lowest BCUT2D eigenvalue weighted by molar-refractivity contribution is -0.162.